The van der Waals surface area contributed by atoms with Gasteiger partial charge in [0.05, 0.1) is 18.4 Å². The first kappa shape index (κ1) is 31.7. The van der Waals surface area contributed by atoms with E-state index >= 15 is 0 Å². The lowest BCUT2D eigenvalue weighted by molar-refractivity contribution is 0.313. The Labute approximate surface area is 270 Å². The Morgan fingerprint density at radius 3 is 2.46 bits per heavy atom. The number of anilines is 3. The highest BCUT2D eigenvalue weighted by Crippen LogP contribution is 2.24. The van der Waals surface area contributed by atoms with Gasteiger partial charge in [0.1, 0.15) is 5.65 Å². The Bertz CT molecular complexity index is 1930. The van der Waals surface area contributed by atoms with Gasteiger partial charge in [-0.05, 0) is 87.2 Å². The van der Waals surface area contributed by atoms with E-state index in [0.717, 1.165) is 42.7 Å². The van der Waals surface area contributed by atoms with Crippen molar-refractivity contribution in [3.8, 4) is 11.8 Å². The Morgan fingerprint density at radius 1 is 1.04 bits per heavy atom. The van der Waals surface area contributed by atoms with Crippen LogP contribution < -0.4 is 21.1 Å². The summed E-state index contributed by atoms with van der Waals surface area (Å²) in [6, 6.07) is 18.6. The minimum Gasteiger partial charge on any atom is -0.372 e. The second-order valence-electron chi connectivity index (χ2n) is 12.3. The summed E-state index contributed by atoms with van der Waals surface area (Å²) in [5.41, 5.74) is 4.82. The van der Waals surface area contributed by atoms with Gasteiger partial charge in [-0.15, -0.1) is 0 Å². The first-order valence-electron chi connectivity index (χ1n) is 15.9. The number of piperidine rings is 2. The van der Waals surface area contributed by atoms with Gasteiger partial charge in [-0.1, -0.05) is 36.1 Å². The number of fused-ring (bicyclic) bond motifs is 1. The molecule has 2 aliphatic heterocycles. The minimum absolute atomic E-state index is 0.0200. The average molecular weight is 640 g/mol. The van der Waals surface area contributed by atoms with E-state index in [4.69, 9.17) is 4.98 Å². The first-order valence-corrected chi connectivity index (χ1v) is 17.7. The summed E-state index contributed by atoms with van der Waals surface area (Å²) in [5, 5.41) is 7.46. The fraction of sp³-hybridized carbons (Fsp3) is 0.400. The van der Waals surface area contributed by atoms with E-state index in [1.807, 2.05) is 43.3 Å². The number of hydrogen-bond donors (Lipinski definition) is 2. The van der Waals surface area contributed by atoms with E-state index in [9.17, 15) is 13.2 Å². The lowest BCUT2D eigenvalue weighted by Gasteiger charge is -2.33. The highest BCUT2D eigenvalue weighted by Gasteiger charge is 2.24. The van der Waals surface area contributed by atoms with Crippen molar-refractivity contribution in [3.05, 3.63) is 87.8 Å². The molecule has 0 saturated carbocycles. The third kappa shape index (κ3) is 7.25. The van der Waals surface area contributed by atoms with Crippen LogP contribution in [0.4, 0.5) is 17.3 Å². The monoisotopic (exact) mass is 639 g/mol. The molecule has 4 heterocycles. The normalized spacial score (nSPS) is 16.6. The van der Waals surface area contributed by atoms with E-state index < -0.39 is 10.0 Å². The Balaban J connectivity index is 1.28. The maximum Gasteiger partial charge on any atom is 0.268 e. The van der Waals surface area contributed by atoms with Crippen LogP contribution in [0.15, 0.2) is 65.6 Å². The van der Waals surface area contributed by atoms with Crippen LogP contribution in [0.3, 0.4) is 0 Å². The highest BCUT2D eigenvalue weighted by atomic mass is 32.2. The molecule has 2 N–H and O–H groups in total. The molecule has 0 amide bonds. The summed E-state index contributed by atoms with van der Waals surface area (Å²) in [6.07, 6.45) is 6.50. The summed E-state index contributed by atoms with van der Waals surface area (Å²) in [5.74, 6) is 6.81. The van der Waals surface area contributed by atoms with Crippen LogP contribution in [0.25, 0.3) is 11.0 Å². The largest absolute Gasteiger partial charge is 0.372 e. The number of sulfonamides is 1. The second kappa shape index (κ2) is 13.6. The molecule has 2 aromatic heterocycles. The van der Waals surface area contributed by atoms with E-state index in [1.165, 1.54) is 16.2 Å². The average Bonchev–Trinajstić information content (AvgIpc) is 3.06. The number of pyridine rings is 1. The molecule has 0 aliphatic carbocycles. The maximum absolute atomic E-state index is 13.9. The topological polar surface area (TPSA) is 112 Å². The van der Waals surface area contributed by atoms with E-state index in [1.54, 1.807) is 16.8 Å². The van der Waals surface area contributed by atoms with E-state index in [0.29, 0.717) is 61.1 Å². The summed E-state index contributed by atoms with van der Waals surface area (Å²) in [4.78, 5) is 25.7. The van der Waals surface area contributed by atoms with Crippen molar-refractivity contribution in [2.45, 2.75) is 45.2 Å². The minimum atomic E-state index is -3.21. The molecule has 46 heavy (non-hydrogen) atoms. The van der Waals surface area contributed by atoms with Gasteiger partial charge < -0.3 is 15.5 Å². The molecule has 2 fully saturated rings. The lowest BCUT2D eigenvalue weighted by atomic mass is 9.98. The number of benzene rings is 2. The maximum atomic E-state index is 13.9. The van der Waals surface area contributed by atoms with Crippen molar-refractivity contribution < 1.29 is 8.42 Å². The van der Waals surface area contributed by atoms with Crippen molar-refractivity contribution in [2.75, 3.05) is 49.7 Å². The molecule has 4 aromatic rings. The summed E-state index contributed by atoms with van der Waals surface area (Å²) >= 11 is 0. The first-order chi connectivity index (χ1) is 22.2. The van der Waals surface area contributed by atoms with Gasteiger partial charge in [-0.25, -0.2) is 17.7 Å². The van der Waals surface area contributed by atoms with Crippen LogP contribution in [0.1, 0.15) is 42.4 Å². The molecule has 10 nitrogen and oxygen atoms in total. The van der Waals surface area contributed by atoms with Crippen LogP contribution in [0.5, 0.6) is 0 Å². The van der Waals surface area contributed by atoms with Gasteiger partial charge in [0.15, 0.2) is 0 Å². The Morgan fingerprint density at radius 2 is 1.76 bits per heavy atom. The van der Waals surface area contributed by atoms with Gasteiger partial charge in [-0.2, -0.15) is 4.98 Å². The van der Waals surface area contributed by atoms with Crippen molar-refractivity contribution in [2.24, 2.45) is 5.92 Å². The van der Waals surface area contributed by atoms with Crippen LogP contribution >= 0.6 is 0 Å². The molecule has 2 saturated heterocycles. The van der Waals surface area contributed by atoms with Gasteiger partial charge in [0.2, 0.25) is 16.0 Å². The molecule has 6 rings (SSSR count). The highest BCUT2D eigenvalue weighted by molar-refractivity contribution is 7.88. The van der Waals surface area contributed by atoms with Gasteiger partial charge >= 0.3 is 0 Å². The van der Waals surface area contributed by atoms with Crippen LogP contribution in [0, 0.1) is 24.7 Å². The van der Waals surface area contributed by atoms with Crippen LogP contribution in [-0.4, -0.2) is 72.8 Å². The quantitative estimate of drug-likeness (QED) is 0.291. The fourth-order valence-electron chi connectivity index (χ4n) is 6.24. The molecule has 240 valence electrons. The molecule has 0 spiro atoms. The molecule has 11 heteroatoms. The van der Waals surface area contributed by atoms with Gasteiger partial charge in [-0.3, -0.25) is 9.36 Å². The Hall–Kier alpha value is -4.24. The Kier molecular flexibility index (Phi) is 9.40. The molecule has 0 atom stereocenters. The van der Waals surface area contributed by atoms with Crippen LogP contribution in [-0.2, 0) is 16.6 Å². The van der Waals surface area contributed by atoms with Crippen molar-refractivity contribution in [1.82, 2.24) is 24.2 Å². The van der Waals surface area contributed by atoms with Crippen molar-refractivity contribution in [1.29, 1.82) is 0 Å². The van der Waals surface area contributed by atoms with Crippen molar-refractivity contribution in [3.63, 3.8) is 0 Å². The van der Waals surface area contributed by atoms with Gasteiger partial charge in [0, 0.05) is 55.1 Å². The van der Waals surface area contributed by atoms with E-state index in [-0.39, 0.29) is 11.5 Å². The SMILES string of the molecule is Cc1ccccc1Cn1c(=O)c(C#CC2CCN(S(C)(=O)=O)CC2)cc2cnc(Nc3ccc(N(C)C4CCNCC4)cc3)nc21. The standard InChI is InChI=1S/C35H41N7O3S/c1-25-6-4-5-7-28(25)24-42-33-29(22-27(34(42)43)9-8-26-16-20-41(21-17-26)46(3,44)45)23-37-35(39-33)38-30-10-12-31(13-11-30)40(2)32-14-18-36-19-15-32/h4-7,10-13,22-23,26,32,36H,14-21,24H2,1-3H3,(H,37,38,39). The zero-order chi connectivity index (χ0) is 32.3. The molecular formula is C35H41N7O3S. The molecule has 2 aliphatic rings. The number of hydrogen-bond acceptors (Lipinski definition) is 8. The zero-order valence-electron chi connectivity index (χ0n) is 26.7. The summed E-state index contributed by atoms with van der Waals surface area (Å²) < 4.78 is 27.0. The summed E-state index contributed by atoms with van der Waals surface area (Å²) in [7, 11) is -1.06. The molecule has 0 bridgehead atoms. The fourth-order valence-corrected chi connectivity index (χ4v) is 7.11. The third-order valence-electron chi connectivity index (χ3n) is 9.14. The number of aromatic nitrogens is 3. The zero-order valence-corrected chi connectivity index (χ0v) is 27.5. The number of nitrogens with zero attached hydrogens (tertiary/aromatic N) is 5. The van der Waals surface area contributed by atoms with Gasteiger partial charge in [0.25, 0.3) is 5.56 Å². The predicted molar refractivity (Wildman–Crippen MR) is 184 cm³/mol. The van der Waals surface area contributed by atoms with Crippen molar-refractivity contribution >= 4 is 38.4 Å². The van der Waals surface area contributed by atoms with E-state index in [2.05, 4.69) is 51.5 Å². The second-order valence-corrected chi connectivity index (χ2v) is 14.3. The third-order valence-corrected chi connectivity index (χ3v) is 10.4. The number of nitrogens with one attached hydrogen (secondary N) is 2. The van der Waals surface area contributed by atoms with Crippen LogP contribution in [0.2, 0.25) is 0 Å². The lowest BCUT2D eigenvalue weighted by Crippen LogP contribution is -2.41. The number of rotatable bonds is 7. The smallest absolute Gasteiger partial charge is 0.268 e. The summed E-state index contributed by atoms with van der Waals surface area (Å²) in [6.45, 7) is 5.35. The molecule has 0 unspecified atom stereocenters. The molecule has 2 aromatic carbocycles. The predicted octanol–water partition coefficient (Wildman–Crippen LogP) is 4.10. The number of aryl methyl sites for hydroxylation is 1. The molecule has 0 radical (unpaired) electrons. The molecular weight excluding hydrogens is 598 g/mol.